The molecule has 3 rings (SSSR count). The van der Waals surface area contributed by atoms with Crippen LogP contribution in [0.25, 0.3) is 0 Å². The van der Waals surface area contributed by atoms with Crippen LogP contribution in [-0.4, -0.2) is 15.0 Å². The van der Waals surface area contributed by atoms with Crippen LogP contribution in [-0.2, 0) is 13.0 Å². The summed E-state index contributed by atoms with van der Waals surface area (Å²) in [7, 11) is 0. The number of rotatable bonds is 6. The molecule has 2 aromatic heterocycles. The van der Waals surface area contributed by atoms with Gasteiger partial charge in [0.05, 0.1) is 5.69 Å². The molecule has 2 heterocycles. The lowest BCUT2D eigenvalue weighted by Gasteiger charge is -2.11. The van der Waals surface area contributed by atoms with Crippen molar-refractivity contribution in [3.8, 4) is 11.6 Å². The van der Waals surface area contributed by atoms with Gasteiger partial charge in [0.15, 0.2) is 0 Å². The minimum atomic E-state index is 0.408. The van der Waals surface area contributed by atoms with Gasteiger partial charge >= 0.3 is 0 Å². The van der Waals surface area contributed by atoms with Gasteiger partial charge in [0, 0.05) is 12.2 Å². The highest BCUT2D eigenvalue weighted by molar-refractivity contribution is 6.33. The van der Waals surface area contributed by atoms with Crippen molar-refractivity contribution in [3.05, 3.63) is 69.2 Å². The first-order valence-electron chi connectivity index (χ1n) is 8.61. The molecule has 0 amide bonds. The van der Waals surface area contributed by atoms with Gasteiger partial charge in [-0.05, 0) is 49.6 Å². The van der Waals surface area contributed by atoms with Gasteiger partial charge in [-0.1, -0.05) is 42.3 Å². The molecule has 1 N–H and O–H groups in total. The van der Waals surface area contributed by atoms with Crippen LogP contribution >= 0.6 is 23.2 Å². The van der Waals surface area contributed by atoms with E-state index in [2.05, 4.69) is 20.3 Å². The number of aryl methyl sites for hydroxylation is 3. The van der Waals surface area contributed by atoms with E-state index in [1.54, 1.807) is 0 Å². The number of nitrogens with one attached hydrogen (secondary N) is 1. The maximum Gasteiger partial charge on any atom is 0.238 e. The molecular formula is C20H20Cl2N4O. The summed E-state index contributed by atoms with van der Waals surface area (Å²) in [4.78, 5) is 12.8. The Morgan fingerprint density at radius 2 is 1.81 bits per heavy atom. The smallest absolute Gasteiger partial charge is 0.238 e. The number of anilines is 1. The van der Waals surface area contributed by atoms with E-state index in [4.69, 9.17) is 27.9 Å². The second-order valence-electron chi connectivity index (χ2n) is 6.11. The molecule has 0 unspecified atom stereocenters. The lowest BCUT2D eigenvalue weighted by Crippen LogP contribution is -2.04. The highest BCUT2D eigenvalue weighted by Crippen LogP contribution is 2.29. The molecule has 0 radical (unpaired) electrons. The summed E-state index contributed by atoms with van der Waals surface area (Å²) in [6.07, 6.45) is 2.28. The van der Waals surface area contributed by atoms with Gasteiger partial charge in [-0.15, -0.1) is 0 Å². The summed E-state index contributed by atoms with van der Waals surface area (Å²) in [5, 5.41) is 4.30. The van der Waals surface area contributed by atoms with Crippen LogP contribution in [0.2, 0.25) is 10.0 Å². The minimum Gasteiger partial charge on any atom is -0.438 e. The first-order chi connectivity index (χ1) is 13.0. The third kappa shape index (κ3) is 4.67. The third-order valence-corrected chi connectivity index (χ3v) is 4.85. The molecule has 0 atom stereocenters. The zero-order valence-electron chi connectivity index (χ0n) is 15.4. The number of ether oxygens (including phenoxy) is 1. The molecule has 0 aliphatic rings. The van der Waals surface area contributed by atoms with E-state index < -0.39 is 0 Å². The second kappa shape index (κ2) is 8.55. The van der Waals surface area contributed by atoms with Crippen molar-refractivity contribution in [2.75, 3.05) is 5.32 Å². The minimum absolute atomic E-state index is 0.408. The zero-order valence-corrected chi connectivity index (χ0v) is 16.9. The predicted molar refractivity (Wildman–Crippen MR) is 109 cm³/mol. The molecule has 0 spiro atoms. The van der Waals surface area contributed by atoms with Crippen molar-refractivity contribution in [1.82, 2.24) is 15.0 Å². The normalized spacial score (nSPS) is 10.7. The van der Waals surface area contributed by atoms with E-state index in [0.29, 0.717) is 34.0 Å². The summed E-state index contributed by atoms with van der Waals surface area (Å²) in [6.45, 7) is 6.48. The Balaban J connectivity index is 1.67. The number of nitrogens with zero attached hydrogens (tertiary/aromatic N) is 3. The van der Waals surface area contributed by atoms with E-state index in [0.717, 1.165) is 28.9 Å². The lowest BCUT2D eigenvalue weighted by molar-refractivity contribution is 0.461. The molecule has 27 heavy (non-hydrogen) atoms. The fourth-order valence-electron chi connectivity index (χ4n) is 2.47. The van der Waals surface area contributed by atoms with Gasteiger partial charge in [0.25, 0.3) is 0 Å². The predicted octanol–water partition coefficient (Wildman–Crippen LogP) is 5.76. The van der Waals surface area contributed by atoms with Crippen molar-refractivity contribution in [2.24, 2.45) is 0 Å². The van der Waals surface area contributed by atoms with Crippen LogP contribution in [0.5, 0.6) is 11.6 Å². The van der Waals surface area contributed by atoms with Crippen molar-refractivity contribution in [2.45, 2.75) is 33.7 Å². The van der Waals surface area contributed by atoms with Crippen LogP contribution in [0.4, 0.5) is 5.82 Å². The topological polar surface area (TPSA) is 59.9 Å². The van der Waals surface area contributed by atoms with Crippen LogP contribution in [0.3, 0.4) is 0 Å². The highest BCUT2D eigenvalue weighted by Gasteiger charge is 2.09. The lowest BCUT2D eigenvalue weighted by atomic mass is 10.2. The highest BCUT2D eigenvalue weighted by atomic mass is 35.5. The fourth-order valence-corrected chi connectivity index (χ4v) is 3.01. The van der Waals surface area contributed by atoms with Crippen LogP contribution < -0.4 is 10.1 Å². The molecule has 5 nitrogen and oxygen atoms in total. The SMILES string of the molecule is CCc1ncnc(NCc2ccc(Oc3nc(C)c(C)cc3Cl)cc2)c1Cl. The molecule has 0 fully saturated rings. The van der Waals surface area contributed by atoms with E-state index in [1.165, 1.54) is 6.33 Å². The standard InChI is InChI=1S/C20H20Cl2N4O/c1-4-17-18(22)19(25-11-24-17)23-10-14-5-7-15(8-6-14)27-20-16(21)9-12(2)13(3)26-20/h5-9,11H,4,10H2,1-3H3,(H,23,24,25). The Morgan fingerprint density at radius 1 is 1.07 bits per heavy atom. The second-order valence-corrected chi connectivity index (χ2v) is 6.90. The average molecular weight is 403 g/mol. The summed E-state index contributed by atoms with van der Waals surface area (Å²) in [5.74, 6) is 1.71. The van der Waals surface area contributed by atoms with Gasteiger partial charge in [-0.2, -0.15) is 0 Å². The van der Waals surface area contributed by atoms with E-state index in [1.807, 2.05) is 51.1 Å². The molecular weight excluding hydrogens is 383 g/mol. The number of aromatic nitrogens is 3. The Hall–Kier alpha value is -2.37. The third-order valence-electron chi connectivity index (χ3n) is 4.18. The summed E-state index contributed by atoms with van der Waals surface area (Å²) in [6, 6.07) is 9.54. The molecule has 7 heteroatoms. The maximum absolute atomic E-state index is 6.30. The quantitative estimate of drug-likeness (QED) is 0.567. The number of hydrogen-bond donors (Lipinski definition) is 1. The van der Waals surface area contributed by atoms with Gasteiger partial charge in [0.1, 0.15) is 27.9 Å². The van der Waals surface area contributed by atoms with Crippen molar-refractivity contribution in [1.29, 1.82) is 0 Å². The number of pyridine rings is 1. The molecule has 140 valence electrons. The molecule has 0 bridgehead atoms. The van der Waals surface area contributed by atoms with Gasteiger partial charge in [-0.3, -0.25) is 0 Å². The van der Waals surface area contributed by atoms with Crippen molar-refractivity contribution >= 4 is 29.0 Å². The summed E-state index contributed by atoms with van der Waals surface area (Å²) >= 11 is 12.5. The number of benzene rings is 1. The fraction of sp³-hybridized carbons (Fsp3) is 0.250. The van der Waals surface area contributed by atoms with Gasteiger partial charge in [-0.25, -0.2) is 15.0 Å². The Bertz CT molecular complexity index is 945. The van der Waals surface area contributed by atoms with Crippen molar-refractivity contribution in [3.63, 3.8) is 0 Å². The molecule has 0 saturated heterocycles. The Labute approximate surface area is 168 Å². The van der Waals surface area contributed by atoms with Crippen molar-refractivity contribution < 1.29 is 4.74 Å². The van der Waals surface area contributed by atoms with Gasteiger partial charge in [0.2, 0.25) is 5.88 Å². The van der Waals surface area contributed by atoms with Gasteiger partial charge < -0.3 is 10.1 Å². The molecule has 1 aromatic carbocycles. The van der Waals surface area contributed by atoms with E-state index in [9.17, 15) is 0 Å². The zero-order chi connectivity index (χ0) is 19.4. The van der Waals surface area contributed by atoms with Crippen LogP contribution in [0.15, 0.2) is 36.7 Å². The molecule has 0 aliphatic heterocycles. The largest absolute Gasteiger partial charge is 0.438 e. The Kier molecular flexibility index (Phi) is 6.14. The first-order valence-corrected chi connectivity index (χ1v) is 9.37. The monoisotopic (exact) mass is 402 g/mol. The van der Waals surface area contributed by atoms with Crippen LogP contribution in [0.1, 0.15) is 29.4 Å². The maximum atomic E-state index is 6.30. The summed E-state index contributed by atoms with van der Waals surface area (Å²) < 4.78 is 5.81. The number of halogens is 2. The molecule has 0 saturated carbocycles. The number of hydrogen-bond acceptors (Lipinski definition) is 5. The average Bonchev–Trinajstić information content (AvgIpc) is 2.66. The summed E-state index contributed by atoms with van der Waals surface area (Å²) in [5.41, 5.74) is 3.82. The molecule has 3 aromatic rings. The first kappa shape index (κ1) is 19.4. The molecule has 0 aliphatic carbocycles. The van der Waals surface area contributed by atoms with E-state index in [-0.39, 0.29) is 0 Å². The van der Waals surface area contributed by atoms with E-state index >= 15 is 0 Å². The van der Waals surface area contributed by atoms with Crippen LogP contribution in [0, 0.1) is 13.8 Å². The Morgan fingerprint density at radius 3 is 2.52 bits per heavy atom.